The van der Waals surface area contributed by atoms with E-state index in [9.17, 15) is 4.20 Å². The summed E-state index contributed by atoms with van der Waals surface area (Å²) in [5, 5.41) is 0. The van der Waals surface area contributed by atoms with Crippen molar-refractivity contribution in [2.24, 2.45) is 4.88 Å². The second kappa shape index (κ2) is 6.01. The largest absolute Gasteiger partial charge is 0.289 e. The lowest BCUT2D eigenvalue weighted by Gasteiger charge is -2.24. The fraction of sp³-hybridized carbons (Fsp3) is 0. The first-order chi connectivity index (χ1) is 8.83. The van der Waals surface area contributed by atoms with E-state index in [-0.39, 0.29) is 0 Å². The number of hydrogen-bond acceptors (Lipinski definition) is 2. The Hall–Kier alpha value is -2.09. The van der Waals surface area contributed by atoms with Crippen molar-refractivity contribution in [1.29, 1.82) is 0 Å². The van der Waals surface area contributed by atoms with Crippen LogP contribution >= 0.6 is 8.53 Å². The molecule has 0 saturated carbocycles. The number of nitrogens with zero attached hydrogens (tertiary/aromatic N) is 4. The van der Waals surface area contributed by atoms with Crippen LogP contribution in [-0.4, -0.2) is 0 Å². The highest BCUT2D eigenvalue weighted by atomic mass is 31.2. The summed E-state index contributed by atoms with van der Waals surface area (Å²) in [5.74, 6) is 0. The second-order valence-corrected chi connectivity index (χ2v) is 4.46. The molecule has 0 spiro atoms. The fourth-order valence-corrected chi connectivity index (χ4v) is 2.34. The number of halogens is 1. The van der Waals surface area contributed by atoms with E-state index in [0.717, 1.165) is 0 Å². The van der Waals surface area contributed by atoms with Gasteiger partial charge in [-0.3, -0.25) is 4.67 Å². The highest BCUT2D eigenvalue weighted by molar-refractivity contribution is 7.52. The van der Waals surface area contributed by atoms with Gasteiger partial charge in [-0.2, -0.15) is 4.20 Å². The van der Waals surface area contributed by atoms with Crippen LogP contribution in [0.5, 0.6) is 0 Å². The average Bonchev–Trinajstić information content (AvgIpc) is 2.42. The number of para-hydroxylation sites is 2. The SMILES string of the molecule is [N-]=[N+]=NP(F)N(c1ccccc1)c1ccccc1. The monoisotopic (exact) mass is 260 g/mol. The van der Waals surface area contributed by atoms with Crippen LogP contribution in [0.2, 0.25) is 0 Å². The van der Waals surface area contributed by atoms with Crippen molar-refractivity contribution in [2.45, 2.75) is 0 Å². The minimum atomic E-state index is -2.45. The van der Waals surface area contributed by atoms with E-state index in [1.165, 1.54) is 4.67 Å². The number of hydrogen-bond donors (Lipinski definition) is 0. The standard InChI is InChI=1S/C12H10FN4P/c13-18(16-15-14)17(11-7-3-1-4-8-11)12-9-5-2-6-10-12/h1-10H. The minimum Gasteiger partial charge on any atom is -0.289 e. The molecule has 2 rings (SSSR count). The van der Waals surface area contributed by atoms with Crippen molar-refractivity contribution in [1.82, 2.24) is 0 Å². The molecule has 0 N–H and O–H groups in total. The third-order valence-electron chi connectivity index (χ3n) is 2.28. The van der Waals surface area contributed by atoms with E-state index < -0.39 is 8.53 Å². The summed E-state index contributed by atoms with van der Waals surface area (Å²) in [6.45, 7) is 0. The van der Waals surface area contributed by atoms with Gasteiger partial charge in [0.15, 0.2) is 0 Å². The summed E-state index contributed by atoms with van der Waals surface area (Å²) in [5.41, 5.74) is 9.70. The van der Waals surface area contributed by atoms with Gasteiger partial charge in [0.05, 0.1) is 0 Å². The van der Waals surface area contributed by atoms with Crippen LogP contribution in [0.4, 0.5) is 15.6 Å². The van der Waals surface area contributed by atoms with Gasteiger partial charge >= 0.3 is 0 Å². The van der Waals surface area contributed by atoms with E-state index >= 15 is 0 Å². The first kappa shape index (κ1) is 12.4. The molecule has 1 atom stereocenters. The summed E-state index contributed by atoms with van der Waals surface area (Å²) < 4.78 is 15.4. The summed E-state index contributed by atoms with van der Waals surface area (Å²) in [6.07, 6.45) is 0. The van der Waals surface area contributed by atoms with Crippen molar-refractivity contribution in [3.8, 4) is 0 Å². The van der Waals surface area contributed by atoms with Gasteiger partial charge in [0, 0.05) is 16.3 Å². The quantitative estimate of drug-likeness (QED) is 0.317. The molecule has 1 unspecified atom stereocenters. The maximum Gasteiger partial charge on any atom is 0.280 e. The summed E-state index contributed by atoms with van der Waals surface area (Å²) in [4.78, 5) is 5.73. The van der Waals surface area contributed by atoms with Crippen molar-refractivity contribution in [3.63, 3.8) is 0 Å². The van der Waals surface area contributed by atoms with E-state index in [1.54, 1.807) is 24.3 Å². The zero-order chi connectivity index (χ0) is 12.8. The molecule has 6 heteroatoms. The molecule has 2 aromatic rings. The Morgan fingerprint density at radius 2 is 1.39 bits per heavy atom. The normalized spacial score (nSPS) is 11.4. The average molecular weight is 260 g/mol. The first-order valence-electron chi connectivity index (χ1n) is 5.24. The van der Waals surface area contributed by atoms with Crippen molar-refractivity contribution in [3.05, 3.63) is 71.1 Å². The Balaban J connectivity index is 2.44. The van der Waals surface area contributed by atoms with Crippen molar-refractivity contribution in [2.75, 3.05) is 4.67 Å². The van der Waals surface area contributed by atoms with Crippen molar-refractivity contribution < 1.29 is 4.20 Å². The van der Waals surface area contributed by atoms with Gasteiger partial charge in [-0.1, -0.05) is 36.4 Å². The molecule has 0 radical (unpaired) electrons. The predicted octanol–water partition coefficient (Wildman–Crippen LogP) is 5.33. The third kappa shape index (κ3) is 2.77. The zero-order valence-corrected chi connectivity index (χ0v) is 10.3. The van der Waals surface area contributed by atoms with Crippen LogP contribution in [-0.2, 0) is 0 Å². The summed E-state index contributed by atoms with van der Waals surface area (Å²) in [6, 6.07) is 18.0. The van der Waals surface area contributed by atoms with Gasteiger partial charge in [-0.15, -0.1) is 0 Å². The van der Waals surface area contributed by atoms with Gasteiger partial charge in [0.1, 0.15) is 0 Å². The van der Waals surface area contributed by atoms with Gasteiger partial charge in [0.25, 0.3) is 8.53 Å². The van der Waals surface area contributed by atoms with Crippen LogP contribution in [0.3, 0.4) is 0 Å². The van der Waals surface area contributed by atoms with Crippen LogP contribution in [0, 0.1) is 0 Å². The highest BCUT2D eigenvalue weighted by Crippen LogP contribution is 2.51. The number of rotatable bonds is 4. The molecule has 0 fully saturated rings. The molecule has 0 amide bonds. The van der Waals surface area contributed by atoms with Gasteiger partial charge < -0.3 is 0 Å². The lowest BCUT2D eigenvalue weighted by Crippen LogP contribution is -2.06. The summed E-state index contributed by atoms with van der Waals surface area (Å²) in [7, 11) is -2.45. The molecule has 0 aromatic heterocycles. The smallest absolute Gasteiger partial charge is 0.280 e. The minimum absolute atomic E-state index is 0.657. The molecule has 4 nitrogen and oxygen atoms in total. The van der Waals surface area contributed by atoms with E-state index in [2.05, 4.69) is 9.80 Å². The third-order valence-corrected chi connectivity index (χ3v) is 3.30. The molecule has 0 heterocycles. The Morgan fingerprint density at radius 3 is 1.78 bits per heavy atom. The van der Waals surface area contributed by atoms with Gasteiger partial charge in [-0.25, -0.2) is 0 Å². The van der Waals surface area contributed by atoms with Crippen LogP contribution < -0.4 is 4.67 Å². The molecular formula is C12H10FN4P. The molecule has 0 aliphatic rings. The maximum absolute atomic E-state index is 14.0. The molecule has 0 aliphatic carbocycles. The molecular weight excluding hydrogens is 250 g/mol. The Kier molecular flexibility index (Phi) is 4.13. The van der Waals surface area contributed by atoms with Crippen LogP contribution in [0.25, 0.3) is 10.4 Å². The second-order valence-electron chi connectivity index (χ2n) is 3.40. The molecule has 2 aromatic carbocycles. The molecule has 0 saturated heterocycles. The lowest BCUT2D eigenvalue weighted by atomic mass is 10.3. The molecule has 90 valence electrons. The molecule has 0 aliphatic heterocycles. The number of azide groups is 1. The predicted molar refractivity (Wildman–Crippen MR) is 72.2 cm³/mol. The topological polar surface area (TPSA) is 52.0 Å². The highest BCUT2D eigenvalue weighted by Gasteiger charge is 2.19. The van der Waals surface area contributed by atoms with Gasteiger partial charge in [0.2, 0.25) is 0 Å². The molecule has 0 bridgehead atoms. The van der Waals surface area contributed by atoms with E-state index in [1.807, 2.05) is 36.4 Å². The number of benzene rings is 2. The van der Waals surface area contributed by atoms with E-state index in [0.29, 0.717) is 11.4 Å². The van der Waals surface area contributed by atoms with Crippen molar-refractivity contribution >= 4 is 19.9 Å². The first-order valence-corrected chi connectivity index (χ1v) is 6.38. The van der Waals surface area contributed by atoms with Crippen LogP contribution in [0.15, 0.2) is 65.5 Å². The van der Waals surface area contributed by atoms with Crippen LogP contribution in [0.1, 0.15) is 0 Å². The zero-order valence-electron chi connectivity index (χ0n) is 9.39. The lowest BCUT2D eigenvalue weighted by molar-refractivity contribution is 0.882. The number of anilines is 2. The Bertz CT molecular complexity index is 503. The summed E-state index contributed by atoms with van der Waals surface area (Å²) >= 11 is 0. The Labute approximate surface area is 105 Å². The Morgan fingerprint density at radius 1 is 0.944 bits per heavy atom. The maximum atomic E-state index is 14.0. The van der Waals surface area contributed by atoms with Gasteiger partial charge in [-0.05, 0) is 34.7 Å². The fourth-order valence-electron chi connectivity index (χ4n) is 1.55. The molecule has 18 heavy (non-hydrogen) atoms. The van der Waals surface area contributed by atoms with E-state index in [4.69, 9.17) is 5.53 Å².